The average molecular weight is 560 g/mol. The summed E-state index contributed by atoms with van der Waals surface area (Å²) in [4.78, 5) is 35.9. The number of carboxylic acid groups (broad SMARTS) is 1. The highest BCUT2D eigenvalue weighted by molar-refractivity contribution is 5.87. The van der Waals surface area contributed by atoms with Crippen molar-refractivity contribution in [2.45, 2.75) is 57.4 Å². The Morgan fingerprint density at radius 2 is 1.93 bits per heavy atom. The van der Waals surface area contributed by atoms with Gasteiger partial charge in [-0.15, -0.1) is 0 Å². The van der Waals surface area contributed by atoms with Crippen LogP contribution in [-0.2, 0) is 22.4 Å². The molecule has 3 N–H and O–H groups in total. The molecule has 1 aliphatic heterocycles. The molecule has 0 fully saturated rings. The predicted molar refractivity (Wildman–Crippen MR) is 159 cm³/mol. The second-order valence-electron chi connectivity index (χ2n) is 10.5. The van der Waals surface area contributed by atoms with Crippen LogP contribution in [0.2, 0.25) is 0 Å². The summed E-state index contributed by atoms with van der Waals surface area (Å²) >= 11 is 0. The van der Waals surface area contributed by atoms with Gasteiger partial charge in [0.1, 0.15) is 24.2 Å². The Balaban J connectivity index is 1.29. The average Bonchev–Trinajstić information content (AvgIpc) is 3.01. The number of ether oxygens (including phenoxy) is 1. The lowest BCUT2D eigenvalue weighted by Gasteiger charge is -2.25. The first-order chi connectivity index (χ1) is 20.0. The van der Waals surface area contributed by atoms with Crippen molar-refractivity contribution in [3.05, 3.63) is 83.8 Å². The number of aliphatic carboxylic acids is 1. The molecule has 0 radical (unpaired) electrons. The van der Waals surface area contributed by atoms with Gasteiger partial charge in [0.15, 0.2) is 0 Å². The van der Waals surface area contributed by atoms with E-state index in [-0.39, 0.29) is 5.91 Å². The molecule has 1 aliphatic rings. The molecule has 2 atom stereocenters. The fourth-order valence-electron chi connectivity index (χ4n) is 4.94. The molecule has 1 unspecified atom stereocenters. The fourth-order valence-corrected chi connectivity index (χ4v) is 4.94. The minimum Gasteiger partial charge on any atom is -0.492 e. The predicted octanol–water partition coefficient (Wildman–Crippen LogP) is 4.30. The van der Waals surface area contributed by atoms with E-state index >= 15 is 0 Å². The lowest BCUT2D eigenvalue weighted by Crippen LogP contribution is -2.45. The van der Waals surface area contributed by atoms with Crippen LogP contribution in [0.5, 0.6) is 5.75 Å². The number of hydrogen-bond acceptors (Lipinski definition) is 7. The molecule has 0 saturated heterocycles. The van der Waals surface area contributed by atoms with E-state index < -0.39 is 17.9 Å². The summed E-state index contributed by atoms with van der Waals surface area (Å²) in [5.74, 6) is -0.0262. The number of carbonyl (C=O) groups is 2. The highest BCUT2D eigenvalue weighted by Gasteiger charge is 2.24. The molecule has 41 heavy (non-hydrogen) atoms. The Bertz CT molecular complexity index is 1240. The smallest absolute Gasteiger partial charge is 0.326 e. The molecule has 0 aliphatic carbocycles. The van der Waals surface area contributed by atoms with Crippen molar-refractivity contribution in [1.82, 2.24) is 20.2 Å². The highest BCUT2D eigenvalue weighted by atomic mass is 16.5. The third kappa shape index (κ3) is 9.56. The maximum atomic E-state index is 12.8. The minimum absolute atomic E-state index is 0.296. The van der Waals surface area contributed by atoms with Gasteiger partial charge in [0, 0.05) is 37.7 Å². The van der Waals surface area contributed by atoms with Crippen LogP contribution in [0.1, 0.15) is 55.3 Å². The molecular formula is C32H41N5O4. The molecule has 9 heteroatoms. The van der Waals surface area contributed by atoms with Crippen LogP contribution in [0.3, 0.4) is 0 Å². The number of anilines is 1. The Morgan fingerprint density at radius 1 is 1.07 bits per heavy atom. The van der Waals surface area contributed by atoms with Gasteiger partial charge >= 0.3 is 5.97 Å². The number of pyridine rings is 2. The van der Waals surface area contributed by atoms with Crippen molar-refractivity contribution in [2.24, 2.45) is 0 Å². The van der Waals surface area contributed by atoms with Crippen LogP contribution >= 0.6 is 0 Å². The number of carboxylic acids is 1. The molecular weight excluding hydrogens is 518 g/mol. The topological polar surface area (TPSA) is 117 Å². The number of aromatic nitrogens is 2. The summed E-state index contributed by atoms with van der Waals surface area (Å²) in [6, 6.07) is 16.6. The standard InChI is InChI=1S/C32H41N5O4/c1-24(26-10-7-17-33-23-26)31(38)36-29(32(39)40)16-20-37(21-22-41-28-12-3-2-4-13-28)19-6-5-11-27-15-14-25-9-8-18-34-30(25)35-27/h2-4,7,10,12-15,17,23-24,29H,5-6,8-9,11,16,18-22H2,1H3,(H,34,35)(H,36,38)(H,39,40)/t24?,29-/m0/s1. The normalized spacial score (nSPS) is 14.0. The number of carbonyl (C=O) groups excluding carboxylic acids is 1. The number of benzene rings is 1. The van der Waals surface area contributed by atoms with E-state index in [0.717, 1.165) is 68.0 Å². The van der Waals surface area contributed by atoms with Crippen LogP contribution in [0.25, 0.3) is 0 Å². The van der Waals surface area contributed by atoms with Gasteiger partial charge in [-0.2, -0.15) is 0 Å². The van der Waals surface area contributed by atoms with Gasteiger partial charge in [0.25, 0.3) is 0 Å². The summed E-state index contributed by atoms with van der Waals surface area (Å²) in [7, 11) is 0. The zero-order valence-electron chi connectivity index (χ0n) is 23.8. The molecule has 4 rings (SSSR count). The first kappa shape index (κ1) is 30.0. The van der Waals surface area contributed by atoms with Gasteiger partial charge in [-0.3, -0.25) is 14.7 Å². The van der Waals surface area contributed by atoms with E-state index in [2.05, 4.69) is 32.7 Å². The molecule has 0 spiro atoms. The van der Waals surface area contributed by atoms with E-state index in [4.69, 9.17) is 9.72 Å². The number of hydrogen-bond donors (Lipinski definition) is 3. The van der Waals surface area contributed by atoms with Gasteiger partial charge in [-0.1, -0.05) is 30.3 Å². The molecule has 1 aromatic carbocycles. The van der Waals surface area contributed by atoms with Crippen LogP contribution in [0, 0.1) is 0 Å². The molecule has 218 valence electrons. The van der Waals surface area contributed by atoms with E-state index in [1.165, 1.54) is 5.56 Å². The number of fused-ring (bicyclic) bond motifs is 1. The SMILES string of the molecule is CC(C(=O)N[C@@H](CCN(CCCCc1ccc2c(n1)NCCC2)CCOc1ccccc1)C(=O)O)c1cccnc1. The number of nitrogens with one attached hydrogen (secondary N) is 2. The third-order valence-electron chi connectivity index (χ3n) is 7.45. The zero-order valence-corrected chi connectivity index (χ0v) is 23.8. The van der Waals surface area contributed by atoms with Crippen molar-refractivity contribution in [1.29, 1.82) is 0 Å². The number of amides is 1. The van der Waals surface area contributed by atoms with E-state index in [1.54, 1.807) is 25.4 Å². The molecule has 9 nitrogen and oxygen atoms in total. The van der Waals surface area contributed by atoms with Gasteiger partial charge in [0.2, 0.25) is 5.91 Å². The molecule has 2 aromatic heterocycles. The largest absolute Gasteiger partial charge is 0.492 e. The van der Waals surface area contributed by atoms with Crippen molar-refractivity contribution >= 4 is 17.7 Å². The first-order valence-corrected chi connectivity index (χ1v) is 14.6. The second kappa shape index (κ2) is 15.7. The quantitative estimate of drug-likeness (QED) is 0.223. The summed E-state index contributed by atoms with van der Waals surface area (Å²) in [5, 5.41) is 16.0. The Kier molecular flexibility index (Phi) is 11.5. The maximum absolute atomic E-state index is 12.8. The van der Waals surface area contributed by atoms with E-state index in [0.29, 0.717) is 26.1 Å². The van der Waals surface area contributed by atoms with Crippen molar-refractivity contribution in [3.8, 4) is 5.75 Å². The van der Waals surface area contributed by atoms with E-state index in [1.807, 2.05) is 36.4 Å². The van der Waals surface area contributed by atoms with Crippen LogP contribution in [-0.4, -0.2) is 70.7 Å². The van der Waals surface area contributed by atoms with Gasteiger partial charge < -0.3 is 20.5 Å². The van der Waals surface area contributed by atoms with Crippen LogP contribution in [0.15, 0.2) is 67.0 Å². The number of unbranched alkanes of at least 4 members (excludes halogenated alkanes) is 1. The third-order valence-corrected chi connectivity index (χ3v) is 7.45. The van der Waals surface area contributed by atoms with Gasteiger partial charge in [-0.25, -0.2) is 9.78 Å². The second-order valence-corrected chi connectivity index (χ2v) is 10.5. The molecule has 0 saturated carbocycles. The van der Waals surface area contributed by atoms with E-state index in [9.17, 15) is 14.7 Å². The first-order valence-electron chi connectivity index (χ1n) is 14.6. The summed E-state index contributed by atoms with van der Waals surface area (Å²) in [5.41, 5.74) is 3.13. The lowest BCUT2D eigenvalue weighted by atomic mass is 10.0. The Labute approximate surface area is 242 Å². The van der Waals surface area contributed by atoms with Crippen LogP contribution in [0.4, 0.5) is 5.82 Å². The van der Waals surface area contributed by atoms with Crippen molar-refractivity contribution < 1.29 is 19.4 Å². The van der Waals surface area contributed by atoms with Crippen molar-refractivity contribution in [2.75, 3.05) is 38.1 Å². The molecule has 3 heterocycles. The fraction of sp³-hybridized carbons (Fsp3) is 0.438. The lowest BCUT2D eigenvalue weighted by molar-refractivity contribution is -0.142. The zero-order chi connectivity index (χ0) is 28.9. The monoisotopic (exact) mass is 559 g/mol. The summed E-state index contributed by atoms with van der Waals surface area (Å²) in [6.45, 7) is 5.20. The van der Waals surface area contributed by atoms with Crippen LogP contribution < -0.4 is 15.4 Å². The number of rotatable bonds is 16. The highest BCUT2D eigenvalue weighted by Crippen LogP contribution is 2.20. The van der Waals surface area contributed by atoms with Gasteiger partial charge in [0.05, 0.1) is 5.92 Å². The number of nitrogens with zero attached hydrogens (tertiary/aromatic N) is 3. The number of aryl methyl sites for hydroxylation is 2. The Morgan fingerprint density at radius 3 is 2.71 bits per heavy atom. The Hall–Kier alpha value is -3.98. The molecule has 3 aromatic rings. The maximum Gasteiger partial charge on any atom is 0.326 e. The summed E-state index contributed by atoms with van der Waals surface area (Å²) in [6.07, 6.45) is 8.61. The summed E-state index contributed by atoms with van der Waals surface area (Å²) < 4.78 is 5.91. The van der Waals surface area contributed by atoms with Crippen molar-refractivity contribution in [3.63, 3.8) is 0 Å². The number of para-hydroxylation sites is 1. The minimum atomic E-state index is -1.04. The molecule has 0 bridgehead atoms. The molecule has 1 amide bonds. The van der Waals surface area contributed by atoms with Gasteiger partial charge in [-0.05, 0) is 87.4 Å².